The maximum atomic E-state index is 12.2. The Kier molecular flexibility index (Phi) is 7.08. The number of thiazole rings is 1. The molecule has 0 aliphatic carbocycles. The van der Waals surface area contributed by atoms with Gasteiger partial charge in [0.15, 0.2) is 12.3 Å². The van der Waals surface area contributed by atoms with Gasteiger partial charge in [-0.3, -0.25) is 9.59 Å². The van der Waals surface area contributed by atoms with Gasteiger partial charge >= 0.3 is 5.97 Å². The van der Waals surface area contributed by atoms with E-state index in [1.54, 1.807) is 23.5 Å². The van der Waals surface area contributed by atoms with Crippen molar-refractivity contribution >= 4 is 28.9 Å². The van der Waals surface area contributed by atoms with Crippen molar-refractivity contribution in [3.05, 3.63) is 62.8 Å². The lowest BCUT2D eigenvalue weighted by molar-refractivity contribution is -0.119. The summed E-state index contributed by atoms with van der Waals surface area (Å²) in [5, 5.41) is 9.62. The van der Waals surface area contributed by atoms with E-state index in [0.29, 0.717) is 12.2 Å². The lowest BCUT2D eigenvalue weighted by Crippen LogP contribution is -2.26. The molecule has 9 heteroatoms. The molecule has 0 unspecified atom stereocenters. The number of hydrogen-bond acceptors (Lipinski definition) is 7. The van der Waals surface area contributed by atoms with E-state index < -0.39 is 18.5 Å². The van der Waals surface area contributed by atoms with E-state index in [9.17, 15) is 14.4 Å². The highest BCUT2D eigenvalue weighted by Gasteiger charge is 2.14. The van der Waals surface area contributed by atoms with Gasteiger partial charge in [-0.1, -0.05) is 25.5 Å². The molecule has 8 nitrogen and oxygen atoms in total. The van der Waals surface area contributed by atoms with E-state index in [2.05, 4.69) is 15.4 Å². The summed E-state index contributed by atoms with van der Waals surface area (Å²) >= 11 is 1.55. The summed E-state index contributed by atoms with van der Waals surface area (Å²) in [4.78, 5) is 40.6. The van der Waals surface area contributed by atoms with Crippen LogP contribution in [0.2, 0.25) is 0 Å². The molecule has 0 aliphatic heterocycles. The third kappa shape index (κ3) is 5.60. The van der Waals surface area contributed by atoms with Crippen molar-refractivity contribution in [3.63, 3.8) is 0 Å². The first-order valence-corrected chi connectivity index (χ1v) is 10.4. The lowest BCUT2D eigenvalue weighted by Gasteiger charge is -2.08. The van der Waals surface area contributed by atoms with Crippen LogP contribution < -0.4 is 10.9 Å². The van der Waals surface area contributed by atoms with Gasteiger partial charge in [0.05, 0.1) is 10.7 Å². The van der Waals surface area contributed by atoms with Crippen LogP contribution in [0.5, 0.6) is 0 Å². The van der Waals surface area contributed by atoms with E-state index in [-0.39, 0.29) is 11.3 Å². The van der Waals surface area contributed by atoms with Crippen molar-refractivity contribution in [2.75, 3.05) is 11.9 Å². The first-order valence-electron chi connectivity index (χ1n) is 9.54. The SMILES string of the molecule is CCCCn1nc(C(=O)OCC(=O)Nc2cccc(-c3csc(C)n3)c2)ccc1=O. The Balaban J connectivity index is 1.58. The van der Waals surface area contributed by atoms with Gasteiger partial charge in [-0.05, 0) is 31.5 Å². The number of carbonyl (C=O) groups is 2. The van der Waals surface area contributed by atoms with Crippen molar-refractivity contribution < 1.29 is 14.3 Å². The number of aromatic nitrogens is 3. The molecule has 0 bridgehead atoms. The first kappa shape index (κ1) is 21.4. The van der Waals surface area contributed by atoms with Crippen molar-refractivity contribution in [2.24, 2.45) is 0 Å². The largest absolute Gasteiger partial charge is 0.451 e. The van der Waals surface area contributed by atoms with E-state index >= 15 is 0 Å². The van der Waals surface area contributed by atoms with Crippen LogP contribution in [0.1, 0.15) is 35.3 Å². The number of nitrogens with zero attached hydrogens (tertiary/aromatic N) is 3. The molecule has 0 saturated carbocycles. The molecule has 0 spiro atoms. The first-order chi connectivity index (χ1) is 14.5. The smallest absolute Gasteiger partial charge is 0.359 e. The number of nitrogens with one attached hydrogen (secondary N) is 1. The Morgan fingerprint density at radius 2 is 2.07 bits per heavy atom. The molecule has 30 heavy (non-hydrogen) atoms. The van der Waals surface area contributed by atoms with Crippen LogP contribution in [0.25, 0.3) is 11.3 Å². The standard InChI is InChI=1S/C21H22N4O4S/c1-3-4-10-25-20(27)9-8-17(24-25)21(28)29-12-19(26)23-16-7-5-6-15(11-16)18-13-30-14(2)22-18/h5-9,11,13H,3-4,10,12H2,1-2H3,(H,23,26). The molecule has 0 radical (unpaired) electrons. The Morgan fingerprint density at radius 1 is 1.23 bits per heavy atom. The second-order valence-corrected chi connectivity index (χ2v) is 7.65. The van der Waals surface area contributed by atoms with Crippen LogP contribution in [0.4, 0.5) is 5.69 Å². The molecule has 0 aliphatic rings. The zero-order valence-corrected chi connectivity index (χ0v) is 17.6. The minimum absolute atomic E-state index is 0.0144. The molecule has 156 valence electrons. The average Bonchev–Trinajstić information content (AvgIpc) is 3.18. The number of aryl methyl sites for hydroxylation is 2. The van der Waals surface area contributed by atoms with Crippen LogP contribution in [-0.2, 0) is 16.1 Å². The molecule has 0 saturated heterocycles. The minimum Gasteiger partial charge on any atom is -0.451 e. The number of esters is 1. The van der Waals surface area contributed by atoms with E-state index in [1.807, 2.05) is 31.4 Å². The van der Waals surface area contributed by atoms with E-state index in [4.69, 9.17) is 4.74 Å². The Bertz CT molecular complexity index is 1110. The molecular weight excluding hydrogens is 404 g/mol. The molecule has 0 fully saturated rings. The number of anilines is 1. The summed E-state index contributed by atoms with van der Waals surface area (Å²) in [7, 11) is 0. The Hall–Kier alpha value is -3.33. The minimum atomic E-state index is -0.762. The second-order valence-electron chi connectivity index (χ2n) is 6.59. The van der Waals surface area contributed by atoms with Crippen LogP contribution in [-0.4, -0.2) is 33.2 Å². The predicted octanol–water partition coefficient (Wildman–Crippen LogP) is 3.27. The third-order valence-corrected chi connectivity index (χ3v) is 4.97. The molecule has 3 rings (SSSR count). The average molecular weight is 426 g/mol. The van der Waals surface area contributed by atoms with Crippen molar-refractivity contribution in [2.45, 2.75) is 33.2 Å². The van der Waals surface area contributed by atoms with Gasteiger partial charge in [-0.2, -0.15) is 5.10 Å². The van der Waals surface area contributed by atoms with Crippen molar-refractivity contribution in [3.8, 4) is 11.3 Å². The number of carbonyl (C=O) groups excluding carboxylic acids is 2. The van der Waals surface area contributed by atoms with Gasteiger partial charge in [0.25, 0.3) is 11.5 Å². The molecule has 2 aromatic heterocycles. The van der Waals surface area contributed by atoms with Gasteiger partial charge in [-0.25, -0.2) is 14.5 Å². The highest BCUT2D eigenvalue weighted by Crippen LogP contribution is 2.24. The zero-order valence-electron chi connectivity index (χ0n) is 16.8. The fraction of sp³-hybridized carbons (Fsp3) is 0.286. The molecule has 0 atom stereocenters. The van der Waals surface area contributed by atoms with Gasteiger partial charge in [0, 0.05) is 29.2 Å². The summed E-state index contributed by atoms with van der Waals surface area (Å²) in [6.07, 6.45) is 1.67. The van der Waals surface area contributed by atoms with Crippen molar-refractivity contribution in [1.29, 1.82) is 0 Å². The monoisotopic (exact) mass is 426 g/mol. The lowest BCUT2D eigenvalue weighted by atomic mass is 10.1. The quantitative estimate of drug-likeness (QED) is 0.555. The fourth-order valence-electron chi connectivity index (χ4n) is 2.68. The Morgan fingerprint density at radius 3 is 2.80 bits per heavy atom. The highest BCUT2D eigenvalue weighted by atomic mass is 32.1. The molecule has 3 aromatic rings. The van der Waals surface area contributed by atoms with Gasteiger partial charge < -0.3 is 10.1 Å². The molecular formula is C21H22N4O4S. The molecule has 2 heterocycles. The number of ether oxygens (including phenoxy) is 1. The maximum Gasteiger partial charge on any atom is 0.359 e. The summed E-state index contributed by atoms with van der Waals surface area (Å²) in [6.45, 7) is 3.88. The highest BCUT2D eigenvalue weighted by molar-refractivity contribution is 7.09. The third-order valence-electron chi connectivity index (χ3n) is 4.19. The Labute approximate surface area is 177 Å². The molecule has 1 N–H and O–H groups in total. The number of unbranched alkanes of at least 4 members (excludes halogenated alkanes) is 1. The van der Waals surface area contributed by atoms with Crippen LogP contribution >= 0.6 is 11.3 Å². The second kappa shape index (κ2) is 9.93. The molecule has 1 aromatic carbocycles. The van der Waals surface area contributed by atoms with E-state index in [0.717, 1.165) is 29.1 Å². The summed E-state index contributed by atoms with van der Waals surface area (Å²) < 4.78 is 6.27. The number of amides is 1. The van der Waals surface area contributed by atoms with E-state index in [1.165, 1.54) is 16.8 Å². The number of hydrogen-bond donors (Lipinski definition) is 1. The topological polar surface area (TPSA) is 103 Å². The number of benzene rings is 1. The normalized spacial score (nSPS) is 10.6. The van der Waals surface area contributed by atoms with Crippen molar-refractivity contribution in [1.82, 2.24) is 14.8 Å². The van der Waals surface area contributed by atoms with Gasteiger partial charge in [0.2, 0.25) is 0 Å². The predicted molar refractivity (Wildman–Crippen MR) is 115 cm³/mol. The molecule has 1 amide bonds. The van der Waals surface area contributed by atoms with Gasteiger partial charge in [0.1, 0.15) is 0 Å². The van der Waals surface area contributed by atoms with Crippen LogP contribution in [0.15, 0.2) is 46.6 Å². The van der Waals surface area contributed by atoms with Gasteiger partial charge in [-0.15, -0.1) is 11.3 Å². The van der Waals surface area contributed by atoms with Crippen LogP contribution in [0.3, 0.4) is 0 Å². The maximum absolute atomic E-state index is 12.2. The summed E-state index contributed by atoms with van der Waals surface area (Å²) in [5.41, 5.74) is 2.00. The zero-order chi connectivity index (χ0) is 21.5. The fourth-order valence-corrected chi connectivity index (χ4v) is 3.30. The van der Waals surface area contributed by atoms with Crippen LogP contribution in [0, 0.1) is 6.92 Å². The number of rotatable bonds is 8. The summed E-state index contributed by atoms with van der Waals surface area (Å²) in [6, 6.07) is 9.83. The summed E-state index contributed by atoms with van der Waals surface area (Å²) in [5.74, 6) is -1.24.